The van der Waals surface area contributed by atoms with E-state index in [4.69, 9.17) is 14.6 Å². The molecule has 0 aromatic heterocycles. The molecule has 2 N–H and O–H groups in total. The molecule has 0 saturated carbocycles. The van der Waals surface area contributed by atoms with Gasteiger partial charge >= 0.3 is 0 Å². The number of ether oxygens (including phenoxy) is 2. The summed E-state index contributed by atoms with van der Waals surface area (Å²) in [4.78, 5) is 14.6. The number of amides is 1. The van der Waals surface area contributed by atoms with E-state index in [0.717, 1.165) is 13.0 Å². The second-order valence-corrected chi connectivity index (χ2v) is 6.30. The Bertz CT molecular complexity index is 598. The molecule has 0 unspecified atom stereocenters. The SMILES string of the molecule is COc1cccc(C(=O)N[C@@H]2C[C@H]3CO[C@@H](CCO)CN3C2)c1F. The minimum atomic E-state index is -0.639. The number of fused-ring (bicyclic) bond motifs is 1. The van der Waals surface area contributed by atoms with E-state index in [9.17, 15) is 9.18 Å². The van der Waals surface area contributed by atoms with Crippen molar-refractivity contribution in [3.8, 4) is 5.75 Å². The van der Waals surface area contributed by atoms with E-state index in [2.05, 4.69) is 10.2 Å². The van der Waals surface area contributed by atoms with Gasteiger partial charge in [-0.2, -0.15) is 0 Å². The number of rotatable bonds is 5. The Morgan fingerprint density at radius 1 is 1.50 bits per heavy atom. The minimum absolute atomic E-state index is 0.00590. The summed E-state index contributed by atoms with van der Waals surface area (Å²) in [5.74, 6) is -1.00. The Morgan fingerprint density at radius 3 is 3.08 bits per heavy atom. The maximum atomic E-state index is 14.2. The maximum Gasteiger partial charge on any atom is 0.254 e. The molecule has 2 aliphatic heterocycles. The van der Waals surface area contributed by atoms with Gasteiger partial charge in [-0.3, -0.25) is 9.69 Å². The number of hydrogen-bond acceptors (Lipinski definition) is 5. The number of carbonyl (C=O) groups excluding carboxylic acids is 1. The van der Waals surface area contributed by atoms with Crippen LogP contribution in [0.2, 0.25) is 0 Å². The molecule has 1 aromatic carbocycles. The van der Waals surface area contributed by atoms with Gasteiger partial charge in [-0.05, 0) is 25.0 Å². The van der Waals surface area contributed by atoms with Gasteiger partial charge in [0.2, 0.25) is 0 Å². The van der Waals surface area contributed by atoms with Crippen molar-refractivity contribution in [2.45, 2.75) is 31.0 Å². The average Bonchev–Trinajstić information content (AvgIpc) is 2.96. The molecule has 0 spiro atoms. The van der Waals surface area contributed by atoms with Crippen LogP contribution in [0.4, 0.5) is 4.39 Å². The van der Waals surface area contributed by atoms with Crippen LogP contribution in [-0.4, -0.2) is 67.5 Å². The Hall–Kier alpha value is -1.70. The van der Waals surface area contributed by atoms with Crippen molar-refractivity contribution in [3.63, 3.8) is 0 Å². The van der Waals surface area contributed by atoms with Crippen LogP contribution in [0.25, 0.3) is 0 Å². The molecule has 3 atom stereocenters. The number of aliphatic hydroxyl groups is 1. The summed E-state index contributed by atoms with van der Waals surface area (Å²) >= 11 is 0. The first kappa shape index (κ1) is 17.1. The zero-order chi connectivity index (χ0) is 17.1. The van der Waals surface area contributed by atoms with Crippen molar-refractivity contribution in [2.24, 2.45) is 0 Å². The Labute approximate surface area is 140 Å². The Morgan fingerprint density at radius 2 is 2.33 bits per heavy atom. The first-order valence-corrected chi connectivity index (χ1v) is 8.22. The number of aliphatic hydroxyl groups excluding tert-OH is 1. The molecule has 7 heteroatoms. The van der Waals surface area contributed by atoms with Crippen LogP contribution in [0.15, 0.2) is 18.2 Å². The molecule has 2 aliphatic rings. The van der Waals surface area contributed by atoms with Gasteiger partial charge in [-0.15, -0.1) is 0 Å². The topological polar surface area (TPSA) is 71.0 Å². The fourth-order valence-electron chi connectivity index (χ4n) is 3.47. The van der Waals surface area contributed by atoms with Gasteiger partial charge in [-0.25, -0.2) is 4.39 Å². The van der Waals surface area contributed by atoms with Gasteiger partial charge in [0.15, 0.2) is 11.6 Å². The van der Waals surface area contributed by atoms with Gasteiger partial charge in [0.05, 0.1) is 25.4 Å². The van der Waals surface area contributed by atoms with Crippen molar-refractivity contribution in [3.05, 3.63) is 29.6 Å². The van der Waals surface area contributed by atoms with E-state index >= 15 is 0 Å². The summed E-state index contributed by atoms with van der Waals surface area (Å²) < 4.78 is 24.8. The zero-order valence-electron chi connectivity index (χ0n) is 13.7. The Balaban J connectivity index is 1.61. The van der Waals surface area contributed by atoms with Crippen LogP contribution in [-0.2, 0) is 4.74 Å². The van der Waals surface area contributed by atoms with Crippen LogP contribution < -0.4 is 10.1 Å². The molecule has 132 valence electrons. The number of methoxy groups -OCH3 is 1. The van der Waals surface area contributed by atoms with E-state index in [1.165, 1.54) is 19.2 Å². The van der Waals surface area contributed by atoms with Crippen LogP contribution in [0.1, 0.15) is 23.2 Å². The summed E-state index contributed by atoms with van der Waals surface area (Å²) in [6.45, 7) is 2.18. The van der Waals surface area contributed by atoms with Crippen molar-refractivity contribution < 1.29 is 23.8 Å². The maximum absolute atomic E-state index is 14.2. The molecule has 2 fully saturated rings. The first-order valence-electron chi connectivity index (χ1n) is 8.22. The quantitative estimate of drug-likeness (QED) is 0.831. The van der Waals surface area contributed by atoms with E-state index in [0.29, 0.717) is 19.6 Å². The van der Waals surface area contributed by atoms with Crippen LogP contribution in [0, 0.1) is 5.82 Å². The number of halogens is 1. The number of carbonyl (C=O) groups is 1. The molecule has 1 aromatic rings. The number of morpholine rings is 1. The second kappa shape index (κ2) is 7.46. The van der Waals surface area contributed by atoms with Crippen LogP contribution >= 0.6 is 0 Å². The van der Waals surface area contributed by atoms with Crippen molar-refractivity contribution >= 4 is 5.91 Å². The smallest absolute Gasteiger partial charge is 0.254 e. The van der Waals surface area contributed by atoms with Crippen LogP contribution in [0.3, 0.4) is 0 Å². The summed E-state index contributed by atoms with van der Waals surface area (Å²) in [7, 11) is 1.37. The fourth-order valence-corrected chi connectivity index (χ4v) is 3.47. The number of nitrogens with zero attached hydrogens (tertiary/aromatic N) is 1. The van der Waals surface area contributed by atoms with Crippen molar-refractivity contribution in [1.29, 1.82) is 0 Å². The summed E-state index contributed by atoms with van der Waals surface area (Å²) in [5, 5.41) is 11.9. The average molecular weight is 338 g/mol. The molecular weight excluding hydrogens is 315 g/mol. The van der Waals surface area contributed by atoms with Crippen LogP contribution in [0.5, 0.6) is 5.75 Å². The van der Waals surface area contributed by atoms with Gasteiger partial charge in [0, 0.05) is 31.8 Å². The molecule has 3 rings (SSSR count). The molecule has 0 bridgehead atoms. The molecule has 1 amide bonds. The highest BCUT2D eigenvalue weighted by Crippen LogP contribution is 2.25. The molecule has 0 aliphatic carbocycles. The first-order chi connectivity index (χ1) is 11.6. The lowest BCUT2D eigenvalue weighted by Crippen LogP contribution is -2.46. The van der Waals surface area contributed by atoms with Crippen molar-refractivity contribution in [2.75, 3.05) is 33.4 Å². The van der Waals surface area contributed by atoms with E-state index < -0.39 is 11.7 Å². The molecule has 24 heavy (non-hydrogen) atoms. The highest BCUT2D eigenvalue weighted by Gasteiger charge is 2.38. The lowest BCUT2D eigenvalue weighted by atomic mass is 10.1. The molecule has 2 heterocycles. The third kappa shape index (κ3) is 3.53. The molecular formula is C17H23FN2O4. The van der Waals surface area contributed by atoms with Gasteiger partial charge in [-0.1, -0.05) is 6.07 Å². The fraction of sp³-hybridized carbons (Fsp3) is 0.588. The zero-order valence-corrected chi connectivity index (χ0v) is 13.7. The normalized spacial score (nSPS) is 26.9. The third-order valence-electron chi connectivity index (χ3n) is 4.70. The number of benzene rings is 1. The molecule has 6 nitrogen and oxygen atoms in total. The standard InChI is InChI=1S/C17H23FN2O4/c1-23-15-4-2-3-14(16(15)18)17(22)19-11-7-12-10-24-13(5-6-21)9-20(12)8-11/h2-4,11-13,21H,5-10H2,1H3,(H,19,22)/t11-,12+,13+/m1/s1. The molecule has 0 radical (unpaired) electrons. The van der Waals surface area contributed by atoms with Gasteiger partial charge < -0.3 is 19.9 Å². The predicted molar refractivity (Wildman–Crippen MR) is 85.6 cm³/mol. The number of nitrogens with one attached hydrogen (secondary N) is 1. The van der Waals surface area contributed by atoms with Crippen molar-refractivity contribution in [1.82, 2.24) is 10.2 Å². The van der Waals surface area contributed by atoms with E-state index in [1.54, 1.807) is 6.07 Å². The monoisotopic (exact) mass is 338 g/mol. The number of hydrogen-bond donors (Lipinski definition) is 2. The highest BCUT2D eigenvalue weighted by molar-refractivity contribution is 5.95. The summed E-state index contributed by atoms with van der Waals surface area (Å²) in [6, 6.07) is 4.77. The van der Waals surface area contributed by atoms with E-state index in [-0.39, 0.29) is 36.1 Å². The predicted octanol–water partition coefficient (Wildman–Crippen LogP) is 0.788. The van der Waals surface area contributed by atoms with Gasteiger partial charge in [0.1, 0.15) is 0 Å². The van der Waals surface area contributed by atoms with E-state index in [1.807, 2.05) is 0 Å². The minimum Gasteiger partial charge on any atom is -0.494 e. The summed E-state index contributed by atoms with van der Waals surface area (Å²) in [5.41, 5.74) is -0.00590. The third-order valence-corrected chi connectivity index (χ3v) is 4.70. The lowest BCUT2D eigenvalue weighted by Gasteiger charge is -2.34. The second-order valence-electron chi connectivity index (χ2n) is 6.30. The Kier molecular flexibility index (Phi) is 5.33. The highest BCUT2D eigenvalue weighted by atomic mass is 19.1. The largest absolute Gasteiger partial charge is 0.494 e. The molecule has 2 saturated heterocycles. The van der Waals surface area contributed by atoms with Gasteiger partial charge in [0.25, 0.3) is 5.91 Å². The summed E-state index contributed by atoms with van der Waals surface area (Å²) in [6.07, 6.45) is 1.44. The lowest BCUT2D eigenvalue weighted by molar-refractivity contribution is -0.0566.